The number of allylic oxidation sites excluding steroid dienone is 1. The van der Waals surface area contributed by atoms with E-state index in [2.05, 4.69) is 0 Å². The van der Waals surface area contributed by atoms with Gasteiger partial charge in [0, 0.05) is 5.02 Å². The number of sulfonamides is 1. The molecule has 140 valence electrons. The predicted molar refractivity (Wildman–Crippen MR) is 110 cm³/mol. The van der Waals surface area contributed by atoms with Crippen LogP contribution in [0, 0.1) is 0 Å². The van der Waals surface area contributed by atoms with Gasteiger partial charge < -0.3 is 0 Å². The summed E-state index contributed by atoms with van der Waals surface area (Å²) in [5.41, 5.74) is 0.750. The molecule has 0 saturated carbocycles. The standard InChI is InChI=1S/C16H13Cl2NO3S.CH2Cl2/c1-11(9-12-5-3-2-4-6-12)23(21,22)19-16(20)14-8-7-13(17)10-15(14)18;2-1-3/h2-10H,1H3,(H,19,20);1H2/b11-9+;. The first-order valence-corrected chi connectivity index (χ1v) is 10.4. The normalized spacial score (nSPS) is 11.3. The predicted octanol–water partition coefficient (Wildman–Crippen LogP) is 5.54. The maximum absolute atomic E-state index is 12.2. The maximum Gasteiger partial charge on any atom is 0.266 e. The van der Waals surface area contributed by atoms with Gasteiger partial charge >= 0.3 is 0 Å². The topological polar surface area (TPSA) is 63.2 Å². The first kappa shape index (κ1) is 22.8. The fourth-order valence-corrected chi connectivity index (χ4v) is 3.09. The number of hydrogen-bond acceptors (Lipinski definition) is 3. The third-order valence-electron chi connectivity index (χ3n) is 3.00. The summed E-state index contributed by atoms with van der Waals surface area (Å²) in [4.78, 5) is 12.1. The minimum absolute atomic E-state index is 0.0159. The van der Waals surface area contributed by atoms with Crippen LogP contribution in [0.4, 0.5) is 0 Å². The molecule has 4 nitrogen and oxygen atoms in total. The Hall–Kier alpha value is -1.24. The first-order chi connectivity index (χ1) is 12.2. The Morgan fingerprint density at radius 2 is 1.65 bits per heavy atom. The van der Waals surface area contributed by atoms with Gasteiger partial charge in [0.05, 0.1) is 20.8 Å². The number of halogens is 4. The summed E-state index contributed by atoms with van der Waals surface area (Å²) in [6, 6.07) is 13.1. The Balaban J connectivity index is 0.00000105. The van der Waals surface area contributed by atoms with Crippen molar-refractivity contribution in [2.45, 2.75) is 6.92 Å². The lowest BCUT2D eigenvalue weighted by molar-refractivity contribution is 0.0982. The van der Waals surface area contributed by atoms with Crippen LogP contribution in [0.3, 0.4) is 0 Å². The van der Waals surface area contributed by atoms with E-state index in [1.165, 1.54) is 31.2 Å². The second-order valence-corrected chi connectivity index (χ2v) is 8.33. The smallest absolute Gasteiger partial charge is 0.266 e. The third-order valence-corrected chi connectivity index (χ3v) is 4.96. The van der Waals surface area contributed by atoms with Gasteiger partial charge in [-0.1, -0.05) is 53.5 Å². The molecule has 0 fully saturated rings. The molecule has 26 heavy (non-hydrogen) atoms. The van der Waals surface area contributed by atoms with Crippen LogP contribution in [0.5, 0.6) is 0 Å². The van der Waals surface area contributed by atoms with Gasteiger partial charge in [0.2, 0.25) is 0 Å². The Bertz CT molecular complexity index is 884. The van der Waals surface area contributed by atoms with Crippen molar-refractivity contribution < 1.29 is 13.2 Å². The Kier molecular flexibility index (Phi) is 9.47. The van der Waals surface area contributed by atoms with Gasteiger partial charge in [0.15, 0.2) is 0 Å². The van der Waals surface area contributed by atoms with Crippen molar-refractivity contribution in [1.29, 1.82) is 0 Å². The molecule has 1 N–H and O–H groups in total. The van der Waals surface area contributed by atoms with E-state index < -0.39 is 15.9 Å². The van der Waals surface area contributed by atoms with Gasteiger partial charge in [-0.2, -0.15) is 0 Å². The number of rotatable bonds is 4. The molecule has 0 heterocycles. The van der Waals surface area contributed by atoms with Crippen LogP contribution < -0.4 is 4.72 Å². The van der Waals surface area contributed by atoms with Crippen LogP contribution in [0.15, 0.2) is 53.4 Å². The summed E-state index contributed by atoms with van der Waals surface area (Å²) >= 11 is 21.2. The number of carbonyl (C=O) groups excluding carboxylic acids is 1. The summed E-state index contributed by atoms with van der Waals surface area (Å²) in [7, 11) is -3.96. The van der Waals surface area contributed by atoms with Crippen LogP contribution in [0.25, 0.3) is 6.08 Å². The van der Waals surface area contributed by atoms with E-state index in [1.807, 2.05) is 10.8 Å². The summed E-state index contributed by atoms with van der Waals surface area (Å²) < 4.78 is 26.4. The molecule has 0 aromatic heterocycles. The molecular formula is C17H15Cl4NO3S. The lowest BCUT2D eigenvalue weighted by atomic mass is 10.2. The summed E-state index contributed by atoms with van der Waals surface area (Å²) in [6.45, 7) is 1.41. The number of alkyl halides is 2. The Morgan fingerprint density at radius 1 is 1.08 bits per heavy atom. The molecule has 0 unspecified atom stereocenters. The number of benzene rings is 2. The zero-order valence-electron chi connectivity index (χ0n) is 13.5. The average molecular weight is 455 g/mol. The van der Waals surface area contributed by atoms with E-state index in [4.69, 9.17) is 46.4 Å². The molecule has 0 aliphatic rings. The second kappa shape index (κ2) is 10.8. The molecule has 1 amide bonds. The van der Waals surface area contributed by atoms with E-state index in [0.717, 1.165) is 0 Å². The quantitative estimate of drug-likeness (QED) is 0.617. The van der Waals surface area contributed by atoms with Gasteiger partial charge in [-0.05, 0) is 36.8 Å². The van der Waals surface area contributed by atoms with E-state index in [-0.39, 0.29) is 20.8 Å². The largest absolute Gasteiger partial charge is 0.268 e. The van der Waals surface area contributed by atoms with E-state index in [9.17, 15) is 13.2 Å². The molecule has 0 bridgehead atoms. The SMILES string of the molecule is C/C(=C\c1ccccc1)S(=O)(=O)NC(=O)c1ccc(Cl)cc1Cl.ClCCl. The number of hydrogen-bond donors (Lipinski definition) is 1. The van der Waals surface area contributed by atoms with Crippen molar-refractivity contribution in [1.82, 2.24) is 4.72 Å². The molecule has 2 rings (SSSR count). The highest BCUT2D eigenvalue weighted by molar-refractivity contribution is 7.94. The highest BCUT2D eigenvalue weighted by atomic mass is 35.5. The van der Waals surface area contributed by atoms with E-state index in [0.29, 0.717) is 10.6 Å². The first-order valence-electron chi connectivity index (χ1n) is 7.08. The zero-order chi connectivity index (χ0) is 19.7. The lowest BCUT2D eigenvalue weighted by Crippen LogP contribution is -2.31. The summed E-state index contributed by atoms with van der Waals surface area (Å²) in [5.74, 6) is -0.813. The fraction of sp³-hybridized carbons (Fsp3) is 0.118. The summed E-state index contributed by atoms with van der Waals surface area (Å²) in [5, 5.41) is 0.629. The molecular weight excluding hydrogens is 440 g/mol. The second-order valence-electron chi connectivity index (χ2n) is 4.83. The molecule has 0 spiro atoms. The van der Waals surface area contributed by atoms with Gasteiger partial charge in [0.1, 0.15) is 0 Å². The Labute approximate surface area is 172 Å². The molecule has 2 aromatic carbocycles. The molecule has 9 heteroatoms. The van der Waals surface area contributed by atoms with Gasteiger partial charge in [0.25, 0.3) is 15.9 Å². The number of carbonyl (C=O) groups is 1. The van der Waals surface area contributed by atoms with Crippen molar-refractivity contribution in [2.24, 2.45) is 0 Å². The number of amides is 1. The third kappa shape index (κ3) is 7.17. The minimum Gasteiger partial charge on any atom is -0.268 e. The van der Waals surface area contributed by atoms with Crippen LogP contribution in [0.2, 0.25) is 10.0 Å². The molecule has 0 radical (unpaired) electrons. The fourth-order valence-electron chi connectivity index (χ4n) is 1.79. The monoisotopic (exact) mass is 453 g/mol. The zero-order valence-corrected chi connectivity index (χ0v) is 17.4. The van der Waals surface area contributed by atoms with Crippen molar-refractivity contribution in [3.63, 3.8) is 0 Å². The molecule has 0 aliphatic carbocycles. The lowest BCUT2D eigenvalue weighted by Gasteiger charge is -2.08. The van der Waals surface area contributed by atoms with Crippen LogP contribution in [-0.2, 0) is 10.0 Å². The van der Waals surface area contributed by atoms with Crippen LogP contribution >= 0.6 is 46.4 Å². The van der Waals surface area contributed by atoms with Gasteiger partial charge in [-0.15, -0.1) is 23.2 Å². The van der Waals surface area contributed by atoms with Crippen molar-refractivity contribution in [3.05, 3.63) is 74.6 Å². The van der Waals surface area contributed by atoms with Crippen LogP contribution in [0.1, 0.15) is 22.8 Å². The van der Waals surface area contributed by atoms with E-state index >= 15 is 0 Å². The highest BCUT2D eigenvalue weighted by Gasteiger charge is 2.20. The van der Waals surface area contributed by atoms with Crippen molar-refractivity contribution in [3.8, 4) is 0 Å². The minimum atomic E-state index is -3.96. The van der Waals surface area contributed by atoms with Crippen LogP contribution in [-0.4, -0.2) is 19.7 Å². The molecule has 2 aromatic rings. The Morgan fingerprint density at radius 3 is 2.19 bits per heavy atom. The van der Waals surface area contributed by atoms with Gasteiger partial charge in [-0.25, -0.2) is 13.1 Å². The maximum atomic E-state index is 12.2. The van der Waals surface area contributed by atoms with Gasteiger partial charge in [-0.3, -0.25) is 4.79 Å². The van der Waals surface area contributed by atoms with Crippen molar-refractivity contribution in [2.75, 3.05) is 5.34 Å². The van der Waals surface area contributed by atoms with Crippen molar-refractivity contribution >= 4 is 68.4 Å². The number of nitrogens with one attached hydrogen (secondary N) is 1. The molecule has 0 aliphatic heterocycles. The molecule has 0 saturated heterocycles. The average Bonchev–Trinajstić information content (AvgIpc) is 2.55. The highest BCUT2D eigenvalue weighted by Crippen LogP contribution is 2.21. The molecule has 0 atom stereocenters. The summed E-state index contributed by atoms with van der Waals surface area (Å²) in [6.07, 6.45) is 1.47. The van der Waals surface area contributed by atoms with E-state index in [1.54, 1.807) is 24.3 Å².